The molecule has 2 aromatic carbocycles. The minimum Gasteiger partial charge on any atom is -0.333 e. The third-order valence-electron chi connectivity index (χ3n) is 2.90. The Morgan fingerprint density at radius 1 is 0.864 bits per heavy atom. The van der Waals surface area contributed by atoms with Crippen LogP contribution in [0.3, 0.4) is 0 Å². The topological polar surface area (TPSA) is 63.6 Å². The van der Waals surface area contributed by atoms with E-state index < -0.39 is 0 Å². The van der Waals surface area contributed by atoms with Gasteiger partial charge < -0.3 is 4.52 Å². The molecule has 0 bridgehead atoms. The van der Waals surface area contributed by atoms with Gasteiger partial charge in [-0.3, -0.25) is 9.98 Å². The van der Waals surface area contributed by atoms with Crippen LogP contribution in [0, 0.1) is 6.92 Å². The predicted molar refractivity (Wildman–Crippen MR) is 86.4 cm³/mol. The maximum Gasteiger partial charge on any atom is 0.269 e. The average Bonchev–Trinajstić information content (AvgIpc) is 3.01. The van der Waals surface area contributed by atoms with Crippen LogP contribution in [0.25, 0.3) is 0 Å². The Labute approximate surface area is 128 Å². The molecular weight excluding hydrogens is 276 g/mol. The fraction of sp³-hybridized carbons (Fsp3) is 0.0588. The zero-order valence-corrected chi connectivity index (χ0v) is 12.0. The van der Waals surface area contributed by atoms with Crippen molar-refractivity contribution < 1.29 is 4.52 Å². The molecule has 0 saturated heterocycles. The molecule has 0 atom stereocenters. The Morgan fingerprint density at radius 2 is 1.55 bits per heavy atom. The largest absolute Gasteiger partial charge is 0.333 e. The van der Waals surface area contributed by atoms with Gasteiger partial charge in [0.15, 0.2) is 0 Å². The third-order valence-corrected chi connectivity index (χ3v) is 2.90. The van der Waals surface area contributed by atoms with Crippen molar-refractivity contribution in [3.63, 3.8) is 0 Å². The number of aromatic nitrogens is 2. The average molecular weight is 290 g/mol. The van der Waals surface area contributed by atoms with Crippen molar-refractivity contribution in [2.45, 2.75) is 6.92 Å². The zero-order chi connectivity index (χ0) is 15.2. The Balaban J connectivity index is 1.68. The second-order valence-electron chi connectivity index (χ2n) is 4.68. The van der Waals surface area contributed by atoms with Gasteiger partial charge in [0.1, 0.15) is 0 Å². The lowest BCUT2D eigenvalue weighted by molar-refractivity contribution is 0.411. The number of hydrogen-bond acceptors (Lipinski definition) is 5. The molecule has 0 aliphatic rings. The Morgan fingerprint density at radius 3 is 2.32 bits per heavy atom. The molecule has 0 amide bonds. The van der Waals surface area contributed by atoms with Crippen LogP contribution in [-0.2, 0) is 0 Å². The van der Waals surface area contributed by atoms with Gasteiger partial charge in [-0.1, -0.05) is 41.1 Å². The van der Waals surface area contributed by atoms with Crippen molar-refractivity contribution in [1.29, 1.82) is 0 Å². The molecule has 22 heavy (non-hydrogen) atoms. The summed E-state index contributed by atoms with van der Waals surface area (Å²) in [5.41, 5.74) is 2.86. The van der Waals surface area contributed by atoms with Gasteiger partial charge in [-0.05, 0) is 31.2 Å². The van der Waals surface area contributed by atoms with Gasteiger partial charge >= 0.3 is 0 Å². The highest BCUT2D eigenvalue weighted by atomic mass is 16.5. The molecule has 0 N–H and O–H groups in total. The van der Waals surface area contributed by atoms with E-state index in [0.717, 1.165) is 11.4 Å². The molecule has 5 nitrogen and oxygen atoms in total. The fourth-order valence-electron chi connectivity index (χ4n) is 1.76. The Bertz CT molecular complexity index is 789. The molecule has 0 radical (unpaired) electrons. The van der Waals surface area contributed by atoms with E-state index in [1.54, 1.807) is 6.21 Å². The standard InChI is InChI=1S/C17H14N4O/c1-13-7-9-15(10-8-13)19-12-17-20-16(21-22-17)11-18-14-5-3-2-4-6-14/h2-12H,1H3. The highest BCUT2D eigenvalue weighted by molar-refractivity contribution is 5.80. The maximum atomic E-state index is 5.10. The summed E-state index contributed by atoms with van der Waals surface area (Å²) < 4.78 is 5.10. The van der Waals surface area contributed by atoms with Crippen molar-refractivity contribution in [2.75, 3.05) is 0 Å². The number of aryl methyl sites for hydroxylation is 1. The molecule has 0 unspecified atom stereocenters. The fourth-order valence-corrected chi connectivity index (χ4v) is 1.76. The molecule has 5 heteroatoms. The Hall–Kier alpha value is -3.08. The minimum absolute atomic E-state index is 0.343. The van der Waals surface area contributed by atoms with Gasteiger partial charge in [0.2, 0.25) is 5.82 Å². The van der Waals surface area contributed by atoms with Crippen LogP contribution in [-0.4, -0.2) is 22.6 Å². The van der Waals surface area contributed by atoms with Crippen LogP contribution in [0.15, 0.2) is 69.1 Å². The first-order valence-electron chi connectivity index (χ1n) is 6.83. The first kappa shape index (κ1) is 13.9. The summed E-state index contributed by atoms with van der Waals surface area (Å²) in [5, 5.41) is 3.83. The quantitative estimate of drug-likeness (QED) is 0.685. The van der Waals surface area contributed by atoms with Gasteiger partial charge in [0.05, 0.1) is 23.8 Å². The van der Waals surface area contributed by atoms with E-state index in [0.29, 0.717) is 11.7 Å². The molecule has 0 aliphatic carbocycles. The number of benzene rings is 2. The van der Waals surface area contributed by atoms with E-state index >= 15 is 0 Å². The lowest BCUT2D eigenvalue weighted by Crippen LogP contribution is -1.85. The number of hydrogen-bond donors (Lipinski definition) is 0. The molecule has 1 aromatic heterocycles. The van der Waals surface area contributed by atoms with Crippen molar-refractivity contribution in [1.82, 2.24) is 10.1 Å². The molecule has 3 aromatic rings. The lowest BCUT2D eigenvalue weighted by Gasteiger charge is -1.92. The molecular formula is C17H14N4O. The highest BCUT2D eigenvalue weighted by Crippen LogP contribution is 2.12. The summed E-state index contributed by atoms with van der Waals surface area (Å²) >= 11 is 0. The van der Waals surface area contributed by atoms with Crippen LogP contribution in [0.4, 0.5) is 11.4 Å². The van der Waals surface area contributed by atoms with Crippen molar-refractivity contribution in [3.05, 3.63) is 71.9 Å². The number of rotatable bonds is 4. The number of nitrogens with zero attached hydrogens (tertiary/aromatic N) is 4. The number of aliphatic imine (C=N–C) groups is 2. The molecule has 0 fully saturated rings. The second-order valence-corrected chi connectivity index (χ2v) is 4.68. The van der Waals surface area contributed by atoms with E-state index in [1.165, 1.54) is 11.8 Å². The number of para-hydroxylation sites is 1. The summed E-state index contributed by atoms with van der Waals surface area (Å²) in [6, 6.07) is 17.4. The molecule has 0 spiro atoms. The van der Waals surface area contributed by atoms with Crippen molar-refractivity contribution >= 4 is 23.8 Å². The van der Waals surface area contributed by atoms with E-state index in [-0.39, 0.29) is 0 Å². The van der Waals surface area contributed by atoms with Crippen molar-refractivity contribution in [2.24, 2.45) is 9.98 Å². The summed E-state index contributed by atoms with van der Waals surface area (Å²) in [6.07, 6.45) is 3.10. The summed E-state index contributed by atoms with van der Waals surface area (Å²) in [6.45, 7) is 2.03. The highest BCUT2D eigenvalue weighted by Gasteiger charge is 2.01. The zero-order valence-electron chi connectivity index (χ0n) is 12.0. The molecule has 0 saturated carbocycles. The molecule has 3 rings (SSSR count). The van der Waals surface area contributed by atoms with Crippen LogP contribution in [0.1, 0.15) is 17.3 Å². The van der Waals surface area contributed by atoms with E-state index in [2.05, 4.69) is 20.1 Å². The first-order chi connectivity index (χ1) is 10.8. The van der Waals surface area contributed by atoms with Crippen LogP contribution in [0.5, 0.6) is 0 Å². The van der Waals surface area contributed by atoms with Crippen LogP contribution in [0.2, 0.25) is 0 Å². The van der Waals surface area contributed by atoms with E-state index in [9.17, 15) is 0 Å². The molecule has 1 heterocycles. The van der Waals surface area contributed by atoms with Gasteiger partial charge in [0, 0.05) is 0 Å². The minimum atomic E-state index is 0.343. The predicted octanol–water partition coefficient (Wildman–Crippen LogP) is 3.88. The second kappa shape index (κ2) is 6.58. The molecule has 108 valence electrons. The smallest absolute Gasteiger partial charge is 0.269 e. The first-order valence-corrected chi connectivity index (χ1v) is 6.83. The summed E-state index contributed by atoms with van der Waals surface area (Å²) in [7, 11) is 0. The van der Waals surface area contributed by atoms with E-state index in [1.807, 2.05) is 61.5 Å². The van der Waals surface area contributed by atoms with Crippen LogP contribution < -0.4 is 0 Å². The van der Waals surface area contributed by atoms with Crippen LogP contribution >= 0.6 is 0 Å². The monoisotopic (exact) mass is 290 g/mol. The van der Waals surface area contributed by atoms with Crippen molar-refractivity contribution in [3.8, 4) is 0 Å². The SMILES string of the molecule is Cc1ccc(N=Cc2nc(C=Nc3ccccc3)no2)cc1. The third kappa shape index (κ3) is 3.73. The normalized spacial score (nSPS) is 11.5. The Kier molecular flexibility index (Phi) is 4.15. The van der Waals surface area contributed by atoms with Gasteiger partial charge in [-0.2, -0.15) is 4.98 Å². The van der Waals surface area contributed by atoms with Gasteiger partial charge in [-0.25, -0.2) is 0 Å². The van der Waals surface area contributed by atoms with Gasteiger partial charge in [-0.15, -0.1) is 0 Å². The summed E-state index contributed by atoms with van der Waals surface area (Å²) in [5.74, 6) is 0.754. The maximum absolute atomic E-state index is 5.10. The lowest BCUT2D eigenvalue weighted by atomic mass is 10.2. The van der Waals surface area contributed by atoms with Gasteiger partial charge in [0.25, 0.3) is 5.89 Å². The van der Waals surface area contributed by atoms with E-state index in [4.69, 9.17) is 4.52 Å². The summed E-state index contributed by atoms with van der Waals surface area (Å²) in [4.78, 5) is 12.7. The molecule has 0 aliphatic heterocycles.